The summed E-state index contributed by atoms with van der Waals surface area (Å²) in [5.41, 5.74) is 6.61. The van der Waals surface area contributed by atoms with E-state index in [2.05, 4.69) is 59.2 Å². The van der Waals surface area contributed by atoms with Gasteiger partial charge in [-0.25, -0.2) is 0 Å². The zero-order valence-electron chi connectivity index (χ0n) is 48.4. The Hall–Kier alpha value is -10.0. The number of hydrogen-bond acceptors (Lipinski definition) is 16. The van der Waals surface area contributed by atoms with Gasteiger partial charge in [-0.2, -0.15) is 0 Å². The van der Waals surface area contributed by atoms with Crippen LogP contribution in [0.5, 0.6) is 80.5 Å². The van der Waals surface area contributed by atoms with Crippen molar-refractivity contribution in [2.75, 3.05) is 113 Å². The van der Waals surface area contributed by atoms with E-state index in [9.17, 15) is 10.2 Å². The molecule has 0 amide bonds. The van der Waals surface area contributed by atoms with Gasteiger partial charge in [-0.3, -0.25) is 0 Å². The molecule has 0 radical (unpaired) electrons. The van der Waals surface area contributed by atoms with Crippen LogP contribution < -0.4 is 66.3 Å². The fourth-order valence-electron chi connectivity index (χ4n) is 8.60. The molecule has 16 nitrogen and oxygen atoms in total. The summed E-state index contributed by atoms with van der Waals surface area (Å²) in [6.07, 6.45) is 0.340. The van der Waals surface area contributed by atoms with Crippen molar-refractivity contribution in [1.82, 2.24) is 0 Å². The molecule has 0 aliphatic carbocycles. The van der Waals surface area contributed by atoms with Gasteiger partial charge in [0, 0.05) is 45.4 Å². The zero-order valence-corrected chi connectivity index (χ0v) is 48.4. The normalized spacial score (nSPS) is 10.3. The van der Waals surface area contributed by atoms with Crippen LogP contribution in [0.25, 0.3) is 0 Å². The summed E-state index contributed by atoms with van der Waals surface area (Å²) in [4.78, 5) is 0. The smallest absolute Gasteiger partial charge is 0.203 e. The quantitative estimate of drug-likeness (QED) is 0.0740. The van der Waals surface area contributed by atoms with Gasteiger partial charge in [0.2, 0.25) is 23.0 Å². The van der Waals surface area contributed by atoms with Crippen molar-refractivity contribution in [2.24, 2.45) is 0 Å². The van der Waals surface area contributed by atoms with Crippen LogP contribution in [0.3, 0.4) is 0 Å². The number of rotatable bonds is 19. The van der Waals surface area contributed by atoms with Crippen molar-refractivity contribution in [3.05, 3.63) is 140 Å². The van der Waals surface area contributed by atoms with Crippen LogP contribution in [-0.2, 0) is 12.8 Å². The van der Waals surface area contributed by atoms with Crippen molar-refractivity contribution in [3.63, 3.8) is 0 Å². The Bertz CT molecular complexity index is 3560. The summed E-state index contributed by atoms with van der Waals surface area (Å²) < 4.78 is 79.2. The number of benzene rings is 6. The van der Waals surface area contributed by atoms with Gasteiger partial charge in [-0.15, -0.1) is 0 Å². The van der Waals surface area contributed by atoms with E-state index in [0.29, 0.717) is 147 Å². The van der Waals surface area contributed by atoms with Crippen LogP contribution >= 0.6 is 0 Å². The van der Waals surface area contributed by atoms with Gasteiger partial charge < -0.3 is 76.5 Å². The van der Waals surface area contributed by atoms with Crippen LogP contribution in [-0.4, -0.2) is 123 Å². The Morgan fingerprint density at radius 2 is 0.598 bits per heavy atom. The van der Waals surface area contributed by atoms with Gasteiger partial charge in [-0.1, -0.05) is 59.2 Å². The molecule has 0 aliphatic heterocycles. The molecular formula is C66H64O16. The summed E-state index contributed by atoms with van der Waals surface area (Å²) >= 11 is 0. The Labute approximate surface area is 479 Å². The third kappa shape index (κ3) is 14.4. The SMILES string of the molecule is COc1cc(C/C(C#CCO)=C(\CO)Cc2cc(C#Cc3cc(OC)c(OC)c(OC)c3)c(C#Cc3cc(OC)c(OC)c(OC)c3)c(OC)c2)cc(C#Cc2cc(OC)c(OC)c(OC)c2)c1C#Cc1cc(OC)c(OC)c(OC)c1. The third-order valence-electron chi connectivity index (χ3n) is 12.5. The first kappa shape index (κ1) is 61.2. The summed E-state index contributed by atoms with van der Waals surface area (Å²) in [5.74, 6) is 37.9. The number of aliphatic hydroxyl groups is 2. The van der Waals surface area contributed by atoms with Crippen molar-refractivity contribution >= 4 is 0 Å². The molecule has 6 aromatic carbocycles. The fraction of sp³-hybridized carbons (Fsp3) is 0.273. The molecule has 0 fully saturated rings. The molecule has 0 bridgehead atoms. The summed E-state index contributed by atoms with van der Waals surface area (Å²) in [6, 6.07) is 21.3. The Kier molecular flexibility index (Phi) is 22.2. The number of aliphatic hydroxyl groups excluding tert-OH is 2. The van der Waals surface area contributed by atoms with Crippen LogP contribution in [0, 0.1) is 59.2 Å². The van der Waals surface area contributed by atoms with Crippen molar-refractivity contribution < 1.29 is 76.5 Å². The van der Waals surface area contributed by atoms with Crippen molar-refractivity contribution in [2.45, 2.75) is 12.8 Å². The lowest BCUT2D eigenvalue weighted by Crippen LogP contribution is -2.05. The lowest BCUT2D eigenvalue weighted by Gasteiger charge is -2.15. The summed E-state index contributed by atoms with van der Waals surface area (Å²) in [5, 5.41) is 21.4. The molecular weight excluding hydrogens is 1050 g/mol. The average Bonchev–Trinajstić information content (AvgIpc) is 3.65. The molecule has 0 atom stereocenters. The maximum Gasteiger partial charge on any atom is 0.203 e. The topological polar surface area (TPSA) is 170 Å². The fourth-order valence-corrected chi connectivity index (χ4v) is 8.60. The van der Waals surface area contributed by atoms with E-state index in [1.54, 1.807) is 48.5 Å². The molecule has 0 aromatic heterocycles. The van der Waals surface area contributed by atoms with Gasteiger partial charge in [0.1, 0.15) is 18.1 Å². The van der Waals surface area contributed by atoms with Gasteiger partial charge in [0.05, 0.1) is 117 Å². The second-order valence-electron chi connectivity index (χ2n) is 17.2. The van der Waals surface area contributed by atoms with E-state index in [-0.39, 0.29) is 12.8 Å². The van der Waals surface area contributed by atoms with E-state index in [4.69, 9.17) is 66.3 Å². The first-order valence-corrected chi connectivity index (χ1v) is 25.0. The highest BCUT2D eigenvalue weighted by atomic mass is 16.6. The Morgan fingerprint density at radius 3 is 0.854 bits per heavy atom. The number of allylic oxidation sites excluding steroid dienone is 1. The summed E-state index contributed by atoms with van der Waals surface area (Å²) in [6.45, 7) is -0.851. The standard InChI is InChI=1S/C66H64O16/c1-69-53-38-45(27-48(21-17-41-30-55(71-3)63(79-11)56(31-41)72-4)51(53)23-19-43-34-59(75-7)65(81-13)60(35-43)76-8)26-47(16-15-25-67)50(40-68)29-46-28-49(22-18-42-32-57(73-5)64(80-12)58(33-42)74-6)52(54(39-46)70-2)24-20-44-36-61(77-9)66(82-14)62(37-44)78-10/h27-28,30-39,67-68H,25-26,29,40H2,1-14H3/b50-47-. The average molecular weight is 1110 g/mol. The molecule has 2 N–H and O–H groups in total. The summed E-state index contributed by atoms with van der Waals surface area (Å²) in [7, 11) is 21.4. The van der Waals surface area contributed by atoms with Crippen molar-refractivity contribution in [1.29, 1.82) is 0 Å². The molecule has 16 heteroatoms. The molecule has 0 aliphatic rings. The predicted molar refractivity (Wildman–Crippen MR) is 311 cm³/mol. The minimum Gasteiger partial charge on any atom is -0.495 e. The van der Waals surface area contributed by atoms with E-state index in [0.717, 1.165) is 0 Å². The molecule has 0 spiro atoms. The maximum absolute atomic E-state index is 11.3. The Balaban J connectivity index is 1.55. The lowest BCUT2D eigenvalue weighted by atomic mass is 9.92. The van der Waals surface area contributed by atoms with E-state index in [1.807, 2.05) is 24.3 Å². The monoisotopic (exact) mass is 1110 g/mol. The number of methoxy groups -OCH3 is 14. The molecule has 0 unspecified atom stereocenters. The van der Waals surface area contributed by atoms with E-state index < -0.39 is 13.2 Å². The second kappa shape index (κ2) is 29.8. The largest absolute Gasteiger partial charge is 0.495 e. The first-order valence-electron chi connectivity index (χ1n) is 25.0. The van der Waals surface area contributed by atoms with Crippen LogP contribution in [0.1, 0.15) is 55.6 Å². The molecule has 6 rings (SSSR count). The van der Waals surface area contributed by atoms with Crippen LogP contribution in [0.2, 0.25) is 0 Å². The maximum atomic E-state index is 11.3. The molecule has 424 valence electrons. The van der Waals surface area contributed by atoms with Gasteiger partial charge in [-0.05, 0) is 95.9 Å². The van der Waals surface area contributed by atoms with E-state index in [1.165, 1.54) is 99.5 Å². The third-order valence-corrected chi connectivity index (χ3v) is 12.5. The molecule has 82 heavy (non-hydrogen) atoms. The van der Waals surface area contributed by atoms with Crippen molar-refractivity contribution in [3.8, 4) is 140 Å². The molecule has 0 saturated carbocycles. The highest BCUT2D eigenvalue weighted by Gasteiger charge is 2.20. The minimum atomic E-state index is -0.444. The Morgan fingerprint density at radius 1 is 0.317 bits per heavy atom. The number of hydrogen-bond donors (Lipinski definition) is 2. The number of ether oxygens (including phenoxy) is 14. The molecule has 0 saturated heterocycles. The highest BCUT2D eigenvalue weighted by Crippen LogP contribution is 2.42. The van der Waals surface area contributed by atoms with E-state index >= 15 is 0 Å². The van der Waals surface area contributed by atoms with Gasteiger partial charge in [0.15, 0.2) is 46.0 Å². The zero-order chi connectivity index (χ0) is 59.3. The van der Waals surface area contributed by atoms with Crippen LogP contribution in [0.15, 0.2) is 83.9 Å². The predicted octanol–water partition coefficient (Wildman–Crippen LogP) is 8.48. The highest BCUT2D eigenvalue weighted by molar-refractivity contribution is 5.68. The van der Waals surface area contributed by atoms with Gasteiger partial charge >= 0.3 is 0 Å². The first-order chi connectivity index (χ1) is 39.9. The molecule has 0 heterocycles. The second-order valence-corrected chi connectivity index (χ2v) is 17.2. The molecule has 6 aromatic rings. The van der Waals surface area contributed by atoms with Crippen LogP contribution in [0.4, 0.5) is 0 Å². The van der Waals surface area contributed by atoms with Gasteiger partial charge in [0.25, 0.3) is 0 Å². The lowest BCUT2D eigenvalue weighted by molar-refractivity contribution is 0.324. The minimum absolute atomic E-state index is 0.169.